The van der Waals surface area contributed by atoms with Crippen molar-refractivity contribution in [3.8, 4) is 5.75 Å². The van der Waals surface area contributed by atoms with E-state index in [0.717, 1.165) is 25.0 Å². The average molecular weight is 680 g/mol. The van der Waals surface area contributed by atoms with Crippen LogP contribution in [0.1, 0.15) is 69.8 Å². The Labute approximate surface area is 280 Å². The van der Waals surface area contributed by atoms with E-state index in [1.807, 2.05) is 27.7 Å². The Hall–Kier alpha value is -4.04. The maximum Gasteiger partial charge on any atom is 0.416 e. The summed E-state index contributed by atoms with van der Waals surface area (Å²) >= 11 is 0. The predicted molar refractivity (Wildman–Crippen MR) is 177 cm³/mol. The zero-order valence-corrected chi connectivity index (χ0v) is 28.4. The molecule has 0 bridgehead atoms. The van der Waals surface area contributed by atoms with Gasteiger partial charge in [-0.2, -0.15) is 13.2 Å². The van der Waals surface area contributed by atoms with Gasteiger partial charge in [0.05, 0.1) is 36.0 Å². The van der Waals surface area contributed by atoms with E-state index in [4.69, 9.17) is 9.47 Å². The maximum atomic E-state index is 14.2. The van der Waals surface area contributed by atoms with Crippen LogP contribution in [0.4, 0.5) is 34.1 Å². The number of carbonyl (C=O) groups excluding carboxylic acids is 3. The first kappa shape index (κ1) is 38.4. The molecule has 2 aromatic rings. The molecule has 0 unspecified atom stereocenters. The van der Waals surface area contributed by atoms with Gasteiger partial charge < -0.3 is 40.3 Å². The third-order valence-corrected chi connectivity index (χ3v) is 7.99. The maximum absolute atomic E-state index is 14.2. The van der Waals surface area contributed by atoms with Gasteiger partial charge in [0.25, 0.3) is 5.91 Å². The molecule has 0 radical (unpaired) electrons. The van der Waals surface area contributed by atoms with E-state index in [1.54, 1.807) is 32.2 Å². The fourth-order valence-electron chi connectivity index (χ4n) is 5.21. The van der Waals surface area contributed by atoms with Crippen LogP contribution in [0.15, 0.2) is 42.5 Å². The Morgan fingerprint density at radius 1 is 1.04 bits per heavy atom. The number of amides is 5. The van der Waals surface area contributed by atoms with Crippen LogP contribution in [0, 0.1) is 5.92 Å². The van der Waals surface area contributed by atoms with Crippen LogP contribution in [0.2, 0.25) is 0 Å². The number of benzene rings is 2. The van der Waals surface area contributed by atoms with E-state index in [-0.39, 0.29) is 49.0 Å². The number of hydrogen-bond acceptors (Lipinski definition) is 6. The molecule has 0 saturated carbocycles. The van der Waals surface area contributed by atoms with Crippen LogP contribution in [0.5, 0.6) is 5.75 Å². The number of aliphatic hydroxyl groups excluding tert-OH is 1. The molecule has 1 aliphatic rings. The van der Waals surface area contributed by atoms with Gasteiger partial charge in [-0.05, 0) is 89.4 Å². The highest BCUT2D eigenvalue weighted by atomic mass is 19.4. The van der Waals surface area contributed by atoms with Gasteiger partial charge in [-0.25, -0.2) is 9.59 Å². The summed E-state index contributed by atoms with van der Waals surface area (Å²) in [5, 5.41) is 18.3. The SMILES string of the molecule is CC(C)NC(=O)Nc1ccc2c(c1)C(=O)N([C@H](C)CO)C[C@H](C)[C@@H](CN(C)C(=O)Nc1ccc(C(F)(F)F)cc1)OCCCC[C@@H](C)O2. The Morgan fingerprint density at radius 3 is 2.33 bits per heavy atom. The molecule has 4 N–H and O–H groups in total. The molecule has 266 valence electrons. The summed E-state index contributed by atoms with van der Waals surface area (Å²) < 4.78 is 51.4. The van der Waals surface area contributed by atoms with Crippen LogP contribution < -0.4 is 20.7 Å². The number of ether oxygens (including phenoxy) is 2. The Kier molecular flexibility index (Phi) is 13.9. The first-order valence-corrected chi connectivity index (χ1v) is 16.2. The molecule has 0 aliphatic carbocycles. The van der Waals surface area contributed by atoms with Gasteiger partial charge in [-0.1, -0.05) is 6.92 Å². The lowest BCUT2D eigenvalue weighted by atomic mass is 10.0. The van der Waals surface area contributed by atoms with Crippen molar-refractivity contribution in [3.05, 3.63) is 53.6 Å². The molecule has 48 heavy (non-hydrogen) atoms. The van der Waals surface area contributed by atoms with E-state index in [1.165, 1.54) is 21.9 Å². The second kappa shape index (κ2) is 17.4. The minimum atomic E-state index is -4.49. The molecular weight excluding hydrogens is 631 g/mol. The average Bonchev–Trinajstić information content (AvgIpc) is 3.01. The Bertz CT molecular complexity index is 1370. The van der Waals surface area contributed by atoms with Gasteiger partial charge in [0.2, 0.25) is 0 Å². The molecule has 4 atom stereocenters. The number of fused-ring (bicyclic) bond motifs is 1. The van der Waals surface area contributed by atoms with Gasteiger partial charge in [0, 0.05) is 50.1 Å². The summed E-state index contributed by atoms with van der Waals surface area (Å²) in [6, 6.07) is 7.40. The fraction of sp³-hybridized carbons (Fsp3) is 0.559. The van der Waals surface area contributed by atoms with Crippen molar-refractivity contribution in [2.24, 2.45) is 5.92 Å². The number of likely N-dealkylation sites (N-methyl/N-ethyl adjacent to an activating group) is 1. The number of alkyl halides is 3. The first-order valence-electron chi connectivity index (χ1n) is 16.2. The van der Waals surface area contributed by atoms with Gasteiger partial charge in [-0.3, -0.25) is 4.79 Å². The highest BCUT2D eigenvalue weighted by molar-refractivity contribution is 5.99. The topological polar surface area (TPSA) is 132 Å². The summed E-state index contributed by atoms with van der Waals surface area (Å²) in [4.78, 5) is 42.6. The molecule has 3 rings (SSSR count). The third kappa shape index (κ3) is 11.3. The minimum absolute atomic E-state index is 0.0967. The van der Waals surface area contributed by atoms with Crippen LogP contribution in [0.3, 0.4) is 0 Å². The van der Waals surface area contributed by atoms with Crippen LogP contribution >= 0.6 is 0 Å². The Balaban J connectivity index is 1.86. The minimum Gasteiger partial charge on any atom is -0.490 e. The summed E-state index contributed by atoms with van der Waals surface area (Å²) in [5.41, 5.74) is 0.00189. The summed E-state index contributed by atoms with van der Waals surface area (Å²) in [6.45, 7) is 9.52. The van der Waals surface area contributed by atoms with Crippen molar-refractivity contribution < 1.29 is 42.1 Å². The van der Waals surface area contributed by atoms with Gasteiger partial charge in [0.15, 0.2) is 0 Å². The standard InChI is InChI=1S/C34H48F3N5O6/c1-21(2)38-32(45)39-27-14-15-29-28(17-27)31(44)42(23(4)20-43)18-22(3)30(47-16-8-7-9-24(5)48-29)19-41(6)33(46)40-26-12-10-25(11-13-26)34(35,36)37/h10-15,17,21-24,30,43H,7-9,16,18-20H2,1-6H3,(H,40,46)(H2,38,39,45)/t22-,23+,24+,30+/m0/s1. The van der Waals surface area contributed by atoms with E-state index in [9.17, 15) is 32.7 Å². The lowest BCUT2D eigenvalue weighted by molar-refractivity contribution is -0.137. The quantitative estimate of drug-likeness (QED) is 0.276. The number of nitrogens with one attached hydrogen (secondary N) is 3. The fourth-order valence-corrected chi connectivity index (χ4v) is 5.21. The predicted octanol–water partition coefficient (Wildman–Crippen LogP) is 6.19. The van der Waals surface area contributed by atoms with Crippen LogP contribution in [-0.2, 0) is 10.9 Å². The van der Waals surface area contributed by atoms with Crippen molar-refractivity contribution in [2.75, 3.05) is 44.0 Å². The molecule has 0 spiro atoms. The number of urea groups is 2. The van der Waals surface area contributed by atoms with E-state index < -0.39 is 41.9 Å². The molecule has 14 heteroatoms. The van der Waals surface area contributed by atoms with Crippen LogP contribution in [0.25, 0.3) is 0 Å². The number of hydrogen-bond donors (Lipinski definition) is 4. The van der Waals surface area contributed by atoms with Crippen molar-refractivity contribution in [2.45, 2.75) is 84.3 Å². The number of anilines is 2. The molecule has 1 heterocycles. The highest BCUT2D eigenvalue weighted by Crippen LogP contribution is 2.30. The van der Waals surface area contributed by atoms with Crippen molar-refractivity contribution >= 4 is 29.3 Å². The summed E-state index contributed by atoms with van der Waals surface area (Å²) in [7, 11) is 1.55. The Morgan fingerprint density at radius 2 is 1.71 bits per heavy atom. The lowest BCUT2D eigenvalue weighted by Crippen LogP contribution is -2.48. The van der Waals surface area contributed by atoms with Gasteiger partial charge >= 0.3 is 18.2 Å². The summed E-state index contributed by atoms with van der Waals surface area (Å²) in [6.07, 6.45) is -3.08. The zero-order chi connectivity index (χ0) is 35.6. The molecule has 11 nitrogen and oxygen atoms in total. The lowest BCUT2D eigenvalue weighted by Gasteiger charge is -2.35. The van der Waals surface area contributed by atoms with E-state index in [0.29, 0.717) is 24.5 Å². The van der Waals surface area contributed by atoms with Crippen molar-refractivity contribution in [3.63, 3.8) is 0 Å². The molecular formula is C34H48F3N5O6. The number of rotatable bonds is 7. The van der Waals surface area contributed by atoms with Crippen LogP contribution in [-0.4, -0.2) is 90.5 Å². The molecule has 0 fully saturated rings. The van der Waals surface area contributed by atoms with Gasteiger partial charge in [-0.15, -0.1) is 0 Å². The number of nitrogens with zero attached hydrogens (tertiary/aromatic N) is 2. The second-order valence-electron chi connectivity index (χ2n) is 12.6. The van der Waals surface area contributed by atoms with Gasteiger partial charge in [0.1, 0.15) is 5.75 Å². The number of carbonyl (C=O) groups is 3. The molecule has 0 aromatic heterocycles. The summed E-state index contributed by atoms with van der Waals surface area (Å²) in [5.74, 6) is -0.383. The van der Waals surface area contributed by atoms with E-state index in [2.05, 4.69) is 16.0 Å². The third-order valence-electron chi connectivity index (χ3n) is 7.99. The second-order valence-corrected chi connectivity index (χ2v) is 12.6. The molecule has 1 aliphatic heterocycles. The normalized spacial score (nSPS) is 20.2. The first-order chi connectivity index (χ1) is 22.6. The number of aliphatic hydroxyl groups is 1. The highest BCUT2D eigenvalue weighted by Gasteiger charge is 2.32. The van der Waals surface area contributed by atoms with E-state index >= 15 is 0 Å². The smallest absolute Gasteiger partial charge is 0.416 e. The largest absolute Gasteiger partial charge is 0.490 e. The zero-order valence-electron chi connectivity index (χ0n) is 28.4. The molecule has 5 amide bonds. The van der Waals surface area contributed by atoms with Crippen molar-refractivity contribution in [1.82, 2.24) is 15.1 Å². The monoisotopic (exact) mass is 679 g/mol. The number of halogens is 3. The molecule has 2 aromatic carbocycles. The molecule has 0 saturated heterocycles. The van der Waals surface area contributed by atoms with Crippen molar-refractivity contribution in [1.29, 1.82) is 0 Å².